The van der Waals surface area contributed by atoms with Crippen LogP contribution in [0.15, 0.2) is 41.3 Å². The molecule has 26 heavy (non-hydrogen) atoms. The number of rotatable bonds is 7. The average molecular weight is 396 g/mol. The fourth-order valence-corrected chi connectivity index (χ4v) is 4.60. The van der Waals surface area contributed by atoms with Crippen LogP contribution in [0, 0.1) is 0 Å². The predicted molar refractivity (Wildman–Crippen MR) is 102 cm³/mol. The van der Waals surface area contributed by atoms with Crippen LogP contribution in [-0.2, 0) is 22.9 Å². The summed E-state index contributed by atoms with van der Waals surface area (Å²) in [4.78, 5) is 0.0181. The van der Waals surface area contributed by atoms with Gasteiger partial charge in [-0.05, 0) is 61.1 Å². The maximum absolute atomic E-state index is 12.5. The number of hydrogen-bond donors (Lipinski definition) is 1. The molecule has 1 aliphatic carbocycles. The Hall–Kier alpha value is -1.76. The van der Waals surface area contributed by atoms with Crippen LogP contribution in [0.25, 0.3) is 0 Å². The topological polar surface area (TPSA) is 64.6 Å². The number of benzene rings is 2. The Balaban J connectivity index is 1.63. The zero-order valence-corrected chi connectivity index (χ0v) is 16.2. The summed E-state index contributed by atoms with van der Waals surface area (Å²) in [6.45, 7) is 0.403. The lowest BCUT2D eigenvalue weighted by molar-refractivity contribution is 0.317. The molecule has 5 nitrogen and oxygen atoms in total. The van der Waals surface area contributed by atoms with E-state index in [0.29, 0.717) is 5.02 Å². The molecule has 1 N–H and O–H groups in total. The summed E-state index contributed by atoms with van der Waals surface area (Å²) in [5.41, 5.74) is 2.58. The fraction of sp³-hybridized carbons (Fsp3) is 0.368. The first-order valence-corrected chi connectivity index (χ1v) is 10.4. The summed E-state index contributed by atoms with van der Waals surface area (Å²) in [6, 6.07) is 10.6. The first-order valence-electron chi connectivity index (χ1n) is 8.58. The Bertz CT molecular complexity index is 883. The number of fused-ring (bicyclic) bond motifs is 1. The van der Waals surface area contributed by atoms with E-state index in [9.17, 15) is 8.42 Å². The summed E-state index contributed by atoms with van der Waals surface area (Å²) in [5.74, 6) is 1.10. The van der Waals surface area contributed by atoms with Crippen LogP contribution in [0.5, 0.6) is 11.5 Å². The van der Waals surface area contributed by atoms with E-state index in [1.807, 2.05) is 12.1 Å². The lowest BCUT2D eigenvalue weighted by atomic mass is 9.91. The van der Waals surface area contributed by atoms with Gasteiger partial charge in [-0.2, -0.15) is 0 Å². The van der Waals surface area contributed by atoms with Gasteiger partial charge in [0.15, 0.2) is 0 Å². The molecule has 0 radical (unpaired) electrons. The van der Waals surface area contributed by atoms with Crippen molar-refractivity contribution in [3.8, 4) is 11.5 Å². The third kappa shape index (κ3) is 4.31. The van der Waals surface area contributed by atoms with Crippen molar-refractivity contribution in [1.29, 1.82) is 0 Å². The van der Waals surface area contributed by atoms with E-state index < -0.39 is 10.0 Å². The highest BCUT2D eigenvalue weighted by Crippen LogP contribution is 2.29. The Morgan fingerprint density at radius 1 is 1.12 bits per heavy atom. The molecule has 0 atom stereocenters. The van der Waals surface area contributed by atoms with Gasteiger partial charge in [0.25, 0.3) is 0 Å². The largest absolute Gasteiger partial charge is 0.495 e. The van der Waals surface area contributed by atoms with Gasteiger partial charge in [0.05, 0.1) is 7.11 Å². The van der Waals surface area contributed by atoms with Crippen LogP contribution >= 0.6 is 11.6 Å². The molecule has 2 aromatic rings. The number of aryl methyl sites for hydroxylation is 1. The summed E-state index contributed by atoms with van der Waals surface area (Å²) in [6.07, 6.45) is 4.46. The van der Waals surface area contributed by atoms with Gasteiger partial charge < -0.3 is 9.47 Å². The highest BCUT2D eigenvalue weighted by Gasteiger charge is 2.20. The first kappa shape index (κ1) is 19.0. The van der Waals surface area contributed by atoms with Crippen LogP contribution in [0.3, 0.4) is 0 Å². The second kappa shape index (κ2) is 8.29. The van der Waals surface area contributed by atoms with E-state index in [1.54, 1.807) is 6.07 Å². The second-order valence-electron chi connectivity index (χ2n) is 6.14. The maximum atomic E-state index is 12.5. The number of methoxy groups -OCH3 is 1. The van der Waals surface area contributed by atoms with Crippen molar-refractivity contribution in [2.45, 2.75) is 30.6 Å². The van der Waals surface area contributed by atoms with E-state index >= 15 is 0 Å². The van der Waals surface area contributed by atoms with Crippen molar-refractivity contribution in [1.82, 2.24) is 4.72 Å². The van der Waals surface area contributed by atoms with Crippen LogP contribution in [-0.4, -0.2) is 28.7 Å². The summed E-state index contributed by atoms with van der Waals surface area (Å²) >= 11 is 5.92. The molecule has 0 fully saturated rings. The normalized spacial score (nSPS) is 13.9. The van der Waals surface area contributed by atoms with Crippen molar-refractivity contribution in [2.24, 2.45) is 0 Å². The summed E-state index contributed by atoms with van der Waals surface area (Å²) in [7, 11) is -2.32. The minimum Gasteiger partial charge on any atom is -0.495 e. The average Bonchev–Trinajstić information content (AvgIpc) is 2.65. The third-order valence-corrected chi connectivity index (χ3v) is 6.14. The Morgan fingerprint density at radius 3 is 2.73 bits per heavy atom. The fourth-order valence-electron chi connectivity index (χ4n) is 3.16. The van der Waals surface area contributed by atoms with Crippen LogP contribution in [0.2, 0.25) is 5.02 Å². The lowest BCUT2D eigenvalue weighted by Gasteiger charge is -2.19. The number of sulfonamides is 1. The minimum absolute atomic E-state index is 0.0181. The van der Waals surface area contributed by atoms with E-state index in [2.05, 4.69) is 10.8 Å². The van der Waals surface area contributed by atoms with Gasteiger partial charge in [-0.1, -0.05) is 23.7 Å². The third-order valence-electron chi connectivity index (χ3n) is 4.42. The molecule has 0 aromatic heterocycles. The van der Waals surface area contributed by atoms with Gasteiger partial charge in [-0.25, -0.2) is 13.1 Å². The number of halogens is 1. The van der Waals surface area contributed by atoms with Gasteiger partial charge in [0.1, 0.15) is 23.0 Å². The van der Waals surface area contributed by atoms with Gasteiger partial charge in [-0.15, -0.1) is 0 Å². The minimum atomic E-state index is -3.74. The summed E-state index contributed by atoms with van der Waals surface area (Å²) < 4.78 is 38.5. The quantitative estimate of drug-likeness (QED) is 0.727. The number of hydrogen-bond acceptors (Lipinski definition) is 4. The molecule has 0 saturated carbocycles. The van der Waals surface area contributed by atoms with Crippen molar-refractivity contribution >= 4 is 21.6 Å². The highest BCUT2D eigenvalue weighted by atomic mass is 35.5. The molecule has 0 saturated heterocycles. The molecule has 0 spiro atoms. The molecule has 1 aliphatic rings. The molecule has 0 bridgehead atoms. The van der Waals surface area contributed by atoms with E-state index in [0.717, 1.165) is 25.0 Å². The van der Waals surface area contributed by atoms with Crippen LogP contribution in [0.1, 0.15) is 24.0 Å². The van der Waals surface area contributed by atoms with Crippen molar-refractivity contribution in [3.05, 3.63) is 52.5 Å². The molecule has 3 rings (SSSR count). The smallest absolute Gasteiger partial charge is 0.244 e. The van der Waals surface area contributed by atoms with Gasteiger partial charge in [0, 0.05) is 11.6 Å². The molecule has 7 heteroatoms. The molecule has 0 unspecified atom stereocenters. The number of ether oxygens (including phenoxy) is 2. The molecule has 2 aromatic carbocycles. The SMILES string of the molecule is COc1ccc(Cl)cc1S(=O)(=O)NCCOc1cccc2c1CCCC2. The monoisotopic (exact) mass is 395 g/mol. The molecular formula is C19H22ClNO4S. The molecule has 140 valence electrons. The van der Waals surface area contributed by atoms with E-state index in [1.165, 1.54) is 36.8 Å². The van der Waals surface area contributed by atoms with Crippen LogP contribution in [0.4, 0.5) is 0 Å². The van der Waals surface area contributed by atoms with Gasteiger partial charge in [-0.3, -0.25) is 0 Å². The zero-order chi connectivity index (χ0) is 18.6. The van der Waals surface area contributed by atoms with Crippen molar-refractivity contribution in [3.63, 3.8) is 0 Å². The molecule has 0 aliphatic heterocycles. The van der Waals surface area contributed by atoms with Crippen molar-refractivity contribution in [2.75, 3.05) is 20.3 Å². The predicted octanol–water partition coefficient (Wildman–Crippen LogP) is 3.58. The zero-order valence-electron chi connectivity index (χ0n) is 14.6. The van der Waals surface area contributed by atoms with Crippen LogP contribution < -0.4 is 14.2 Å². The van der Waals surface area contributed by atoms with Gasteiger partial charge in [0.2, 0.25) is 10.0 Å². The lowest BCUT2D eigenvalue weighted by Crippen LogP contribution is -2.28. The second-order valence-corrected chi connectivity index (χ2v) is 8.31. The van der Waals surface area contributed by atoms with Crippen molar-refractivity contribution < 1.29 is 17.9 Å². The first-order chi connectivity index (χ1) is 12.5. The molecule has 0 amide bonds. The number of nitrogens with one attached hydrogen (secondary N) is 1. The summed E-state index contributed by atoms with van der Waals surface area (Å²) in [5, 5.41) is 0.332. The standard InChI is InChI=1S/C19H22ClNO4S/c1-24-18-10-9-15(20)13-19(18)26(22,23)21-11-12-25-17-8-4-6-14-5-2-3-7-16(14)17/h4,6,8-10,13,21H,2-3,5,7,11-12H2,1H3. The van der Waals surface area contributed by atoms with E-state index in [-0.39, 0.29) is 23.8 Å². The maximum Gasteiger partial charge on any atom is 0.244 e. The molecule has 0 heterocycles. The Kier molecular flexibility index (Phi) is 6.06. The van der Waals surface area contributed by atoms with E-state index in [4.69, 9.17) is 21.1 Å². The van der Waals surface area contributed by atoms with Gasteiger partial charge >= 0.3 is 0 Å². The Morgan fingerprint density at radius 2 is 1.92 bits per heavy atom. The highest BCUT2D eigenvalue weighted by molar-refractivity contribution is 7.89. The molecular weight excluding hydrogens is 374 g/mol. The Labute approximate surface area is 159 Å².